The fourth-order valence-electron chi connectivity index (χ4n) is 3.32. The molecule has 1 aromatic heterocycles. The molecule has 0 aliphatic carbocycles. The van der Waals surface area contributed by atoms with E-state index < -0.39 is 0 Å². The third-order valence-corrected chi connectivity index (χ3v) is 5.91. The van der Waals surface area contributed by atoms with Crippen molar-refractivity contribution in [3.63, 3.8) is 0 Å². The number of fused-ring (bicyclic) bond motifs is 1. The lowest BCUT2D eigenvalue weighted by Crippen LogP contribution is -2.38. The van der Waals surface area contributed by atoms with Crippen LogP contribution in [0.2, 0.25) is 0 Å². The first-order valence-corrected chi connectivity index (χ1v) is 9.70. The minimum absolute atomic E-state index is 0.0262. The highest BCUT2D eigenvalue weighted by Gasteiger charge is 2.26. The highest BCUT2D eigenvalue weighted by molar-refractivity contribution is 7.22. The van der Waals surface area contributed by atoms with Gasteiger partial charge in [0.25, 0.3) is 0 Å². The molecule has 4 rings (SSSR count). The summed E-state index contributed by atoms with van der Waals surface area (Å²) >= 11 is 1.49. The molecule has 7 heteroatoms. The second-order valence-electron chi connectivity index (χ2n) is 6.57. The van der Waals surface area contributed by atoms with Gasteiger partial charge >= 0.3 is 0 Å². The molecule has 0 unspecified atom stereocenters. The first kappa shape index (κ1) is 17.7. The number of rotatable bonds is 4. The van der Waals surface area contributed by atoms with Crippen LogP contribution in [0.5, 0.6) is 5.75 Å². The number of benzene rings is 2. The van der Waals surface area contributed by atoms with E-state index in [1.165, 1.54) is 17.4 Å². The molecule has 1 aliphatic heterocycles. The molecule has 1 amide bonds. The molecule has 0 atom stereocenters. The molecule has 5 nitrogen and oxygen atoms in total. The highest BCUT2D eigenvalue weighted by atomic mass is 32.1. The molecule has 1 aliphatic rings. The first-order valence-electron chi connectivity index (χ1n) is 8.89. The lowest BCUT2D eigenvalue weighted by molar-refractivity contribution is -0.120. The summed E-state index contributed by atoms with van der Waals surface area (Å²) in [5.41, 5.74) is 1.17. The van der Waals surface area contributed by atoms with E-state index in [-0.39, 0.29) is 17.6 Å². The number of thiazole rings is 1. The number of hydrogen-bond acceptors (Lipinski definition) is 5. The summed E-state index contributed by atoms with van der Waals surface area (Å²) in [4.78, 5) is 19.1. The van der Waals surface area contributed by atoms with Crippen molar-refractivity contribution in [2.24, 2.45) is 5.92 Å². The van der Waals surface area contributed by atoms with Crippen LogP contribution in [0.1, 0.15) is 12.8 Å². The fourth-order valence-corrected chi connectivity index (χ4v) is 4.35. The van der Waals surface area contributed by atoms with Gasteiger partial charge < -0.3 is 15.0 Å². The van der Waals surface area contributed by atoms with Crippen molar-refractivity contribution in [1.29, 1.82) is 0 Å². The second kappa shape index (κ2) is 7.52. The SMILES string of the molecule is COc1cccc(NC(=O)C2CCN(c3nc4c(F)cccc4s3)CC2)c1. The minimum atomic E-state index is -0.289. The molecular formula is C20H20FN3O2S. The van der Waals surface area contributed by atoms with Gasteiger partial charge in [0.1, 0.15) is 17.1 Å². The number of aromatic nitrogens is 1. The van der Waals surface area contributed by atoms with Gasteiger partial charge in [0.05, 0.1) is 11.8 Å². The van der Waals surface area contributed by atoms with E-state index in [1.54, 1.807) is 13.2 Å². The Hall–Kier alpha value is -2.67. The highest BCUT2D eigenvalue weighted by Crippen LogP contribution is 2.32. The lowest BCUT2D eigenvalue weighted by Gasteiger charge is -2.31. The van der Waals surface area contributed by atoms with Gasteiger partial charge in [-0.15, -0.1) is 0 Å². The predicted molar refractivity (Wildman–Crippen MR) is 106 cm³/mol. The maximum atomic E-state index is 13.9. The summed E-state index contributed by atoms with van der Waals surface area (Å²) in [5, 5.41) is 3.79. The Kier molecular flexibility index (Phi) is 4.94. The maximum absolute atomic E-state index is 13.9. The molecule has 0 bridgehead atoms. The van der Waals surface area contributed by atoms with Crippen molar-refractivity contribution in [1.82, 2.24) is 4.98 Å². The number of amides is 1. The van der Waals surface area contributed by atoms with Crippen molar-refractivity contribution >= 4 is 38.3 Å². The number of halogens is 1. The quantitative estimate of drug-likeness (QED) is 0.728. The molecule has 3 aromatic rings. The molecule has 1 saturated heterocycles. The number of nitrogens with one attached hydrogen (secondary N) is 1. The zero-order chi connectivity index (χ0) is 18.8. The van der Waals surface area contributed by atoms with Crippen LogP contribution in [0.4, 0.5) is 15.2 Å². The Morgan fingerprint density at radius 3 is 2.78 bits per heavy atom. The van der Waals surface area contributed by atoms with Gasteiger partial charge in [-0.1, -0.05) is 23.5 Å². The number of carbonyl (C=O) groups is 1. The topological polar surface area (TPSA) is 54.5 Å². The molecule has 1 N–H and O–H groups in total. The van der Waals surface area contributed by atoms with Crippen molar-refractivity contribution in [3.8, 4) is 5.75 Å². The summed E-state index contributed by atoms with van der Waals surface area (Å²) in [6, 6.07) is 12.4. The van der Waals surface area contributed by atoms with Crippen LogP contribution in [0.25, 0.3) is 10.2 Å². The summed E-state index contributed by atoms with van der Waals surface area (Å²) in [6.45, 7) is 1.47. The Balaban J connectivity index is 1.39. The summed E-state index contributed by atoms with van der Waals surface area (Å²) < 4.78 is 19.9. The van der Waals surface area contributed by atoms with Gasteiger partial charge in [0, 0.05) is 30.8 Å². The third kappa shape index (κ3) is 3.73. The normalized spacial score (nSPS) is 15.1. The Labute approximate surface area is 160 Å². The maximum Gasteiger partial charge on any atom is 0.227 e. The number of carbonyl (C=O) groups excluding carboxylic acids is 1. The van der Waals surface area contributed by atoms with Crippen LogP contribution in [0.3, 0.4) is 0 Å². The lowest BCUT2D eigenvalue weighted by atomic mass is 9.96. The van der Waals surface area contributed by atoms with Gasteiger partial charge in [0.2, 0.25) is 5.91 Å². The number of anilines is 2. The van der Waals surface area contributed by atoms with E-state index in [0.717, 1.165) is 41.5 Å². The van der Waals surface area contributed by atoms with Crippen LogP contribution in [-0.2, 0) is 4.79 Å². The number of piperidine rings is 1. The summed E-state index contributed by atoms with van der Waals surface area (Å²) in [5.74, 6) is 0.407. The van der Waals surface area contributed by atoms with Gasteiger partial charge in [-0.05, 0) is 37.1 Å². The molecule has 2 heterocycles. The van der Waals surface area contributed by atoms with E-state index >= 15 is 0 Å². The number of nitrogens with zero attached hydrogens (tertiary/aromatic N) is 2. The standard InChI is InChI=1S/C20H20FN3O2S/c1-26-15-5-2-4-14(12-15)22-19(25)13-8-10-24(11-9-13)20-23-18-16(21)6-3-7-17(18)27-20/h2-7,12-13H,8-11H2,1H3,(H,22,25). The van der Waals surface area contributed by atoms with Crippen LogP contribution in [0, 0.1) is 11.7 Å². The van der Waals surface area contributed by atoms with E-state index in [4.69, 9.17) is 4.74 Å². The molecule has 27 heavy (non-hydrogen) atoms. The molecular weight excluding hydrogens is 365 g/mol. The van der Waals surface area contributed by atoms with E-state index in [2.05, 4.69) is 15.2 Å². The zero-order valence-corrected chi connectivity index (χ0v) is 15.8. The summed E-state index contributed by atoms with van der Waals surface area (Å²) in [7, 11) is 1.60. The Bertz CT molecular complexity index is 967. The number of methoxy groups -OCH3 is 1. The number of ether oxygens (including phenoxy) is 1. The zero-order valence-electron chi connectivity index (χ0n) is 14.9. The van der Waals surface area contributed by atoms with Crippen LogP contribution in [0.15, 0.2) is 42.5 Å². The number of para-hydroxylation sites is 1. The van der Waals surface area contributed by atoms with Crippen molar-refractivity contribution < 1.29 is 13.9 Å². The van der Waals surface area contributed by atoms with Gasteiger partial charge in [-0.25, -0.2) is 9.37 Å². The van der Waals surface area contributed by atoms with Crippen molar-refractivity contribution in [2.45, 2.75) is 12.8 Å². The molecule has 0 spiro atoms. The minimum Gasteiger partial charge on any atom is -0.497 e. The predicted octanol–water partition coefficient (Wildman–Crippen LogP) is 4.30. The van der Waals surface area contributed by atoms with Crippen LogP contribution < -0.4 is 15.0 Å². The average Bonchev–Trinajstić information content (AvgIpc) is 3.14. The van der Waals surface area contributed by atoms with Crippen LogP contribution in [-0.4, -0.2) is 31.1 Å². The van der Waals surface area contributed by atoms with Crippen LogP contribution >= 0.6 is 11.3 Å². The fraction of sp³-hybridized carbons (Fsp3) is 0.300. The van der Waals surface area contributed by atoms with E-state index in [9.17, 15) is 9.18 Å². The molecule has 1 fully saturated rings. The van der Waals surface area contributed by atoms with Gasteiger partial charge in [-0.3, -0.25) is 4.79 Å². The van der Waals surface area contributed by atoms with Gasteiger partial charge in [0.15, 0.2) is 5.13 Å². The molecule has 0 saturated carbocycles. The Morgan fingerprint density at radius 2 is 2.04 bits per heavy atom. The van der Waals surface area contributed by atoms with Crippen molar-refractivity contribution in [3.05, 3.63) is 48.3 Å². The third-order valence-electron chi connectivity index (χ3n) is 4.83. The smallest absolute Gasteiger partial charge is 0.227 e. The average molecular weight is 385 g/mol. The van der Waals surface area contributed by atoms with E-state index in [1.807, 2.05) is 30.3 Å². The number of hydrogen-bond donors (Lipinski definition) is 1. The Morgan fingerprint density at radius 1 is 1.26 bits per heavy atom. The first-order chi connectivity index (χ1) is 13.1. The molecule has 2 aromatic carbocycles. The van der Waals surface area contributed by atoms with E-state index in [0.29, 0.717) is 11.3 Å². The largest absolute Gasteiger partial charge is 0.497 e. The molecule has 0 radical (unpaired) electrons. The monoisotopic (exact) mass is 385 g/mol. The van der Waals surface area contributed by atoms with Gasteiger partial charge in [-0.2, -0.15) is 0 Å². The molecule has 140 valence electrons. The second-order valence-corrected chi connectivity index (χ2v) is 7.57. The van der Waals surface area contributed by atoms with Crippen molar-refractivity contribution in [2.75, 3.05) is 30.4 Å². The summed E-state index contributed by atoms with van der Waals surface area (Å²) in [6.07, 6.45) is 1.49.